The quantitative estimate of drug-likeness (QED) is 0.474. The lowest BCUT2D eigenvalue weighted by molar-refractivity contribution is 0.443. The maximum absolute atomic E-state index is 10.6. The molecule has 0 bridgehead atoms. The third-order valence-corrected chi connectivity index (χ3v) is 7.54. The lowest BCUT2D eigenvalue weighted by atomic mass is 10.1. The molecule has 1 saturated heterocycles. The Morgan fingerprint density at radius 3 is 2.57 bits per heavy atom. The van der Waals surface area contributed by atoms with Crippen molar-refractivity contribution in [1.82, 2.24) is 25.1 Å². The van der Waals surface area contributed by atoms with Crippen LogP contribution in [0.3, 0.4) is 0 Å². The van der Waals surface area contributed by atoms with E-state index in [2.05, 4.69) is 22.4 Å². The number of aromatic nitrogens is 4. The molecule has 0 atom stereocenters. The molecule has 1 aliphatic rings. The van der Waals surface area contributed by atoms with Crippen LogP contribution < -0.4 is 10.2 Å². The minimum Gasteiger partial charge on any atom is -0.507 e. The SMILES string of the molecule is CN(c1nc2sc(-c3ccc(-c4cnn(C)c4)cc3O)nc2s1)C1CCNCC1.Cl. The fourth-order valence-electron chi connectivity index (χ4n) is 3.71. The molecule has 1 fully saturated rings. The summed E-state index contributed by atoms with van der Waals surface area (Å²) in [5.74, 6) is 0.222. The van der Waals surface area contributed by atoms with Gasteiger partial charge in [-0.15, -0.1) is 12.4 Å². The number of hydrogen-bond donors (Lipinski definition) is 2. The average Bonchev–Trinajstić information content (AvgIpc) is 3.42. The van der Waals surface area contributed by atoms with Gasteiger partial charge in [-0.3, -0.25) is 4.68 Å². The van der Waals surface area contributed by atoms with Crippen LogP contribution in [0.1, 0.15) is 12.8 Å². The molecule has 30 heavy (non-hydrogen) atoms. The number of nitrogens with zero attached hydrogens (tertiary/aromatic N) is 5. The molecular formula is C20H23ClN6OS2. The van der Waals surface area contributed by atoms with Crippen molar-refractivity contribution in [3.8, 4) is 27.4 Å². The highest BCUT2D eigenvalue weighted by molar-refractivity contribution is 7.29. The van der Waals surface area contributed by atoms with Crippen LogP contribution in [0.5, 0.6) is 5.75 Å². The van der Waals surface area contributed by atoms with Crippen LogP contribution >= 0.6 is 35.1 Å². The van der Waals surface area contributed by atoms with Gasteiger partial charge >= 0.3 is 0 Å². The Kier molecular flexibility index (Phi) is 5.97. The molecule has 0 saturated carbocycles. The Hall–Kier alpha value is -2.20. The molecule has 1 aromatic carbocycles. The standard InChI is InChI=1S/C20H22N6OS2.ClH/c1-25-11-13(10-22-25)12-3-4-15(16(27)9-12)17-23-18-19(28-17)24-20(29-18)26(2)14-5-7-21-8-6-14;/h3-4,9-11,14,21,27H,5-8H2,1-2H3;1H. The molecule has 0 unspecified atom stereocenters. The fraction of sp³-hybridized carbons (Fsp3) is 0.350. The number of hydrogen-bond acceptors (Lipinski definition) is 8. The topological polar surface area (TPSA) is 79.1 Å². The summed E-state index contributed by atoms with van der Waals surface area (Å²) in [6.45, 7) is 2.12. The number of aryl methyl sites for hydroxylation is 1. The van der Waals surface area contributed by atoms with E-state index < -0.39 is 0 Å². The minimum atomic E-state index is 0. The second-order valence-electron chi connectivity index (χ2n) is 7.35. The first-order valence-electron chi connectivity index (χ1n) is 9.62. The summed E-state index contributed by atoms with van der Waals surface area (Å²) in [5, 5.41) is 20.0. The number of piperidine rings is 1. The zero-order valence-electron chi connectivity index (χ0n) is 16.7. The van der Waals surface area contributed by atoms with Gasteiger partial charge in [-0.25, -0.2) is 9.97 Å². The van der Waals surface area contributed by atoms with Gasteiger partial charge in [0.1, 0.15) is 10.8 Å². The first-order chi connectivity index (χ1) is 14.1. The Labute approximate surface area is 188 Å². The van der Waals surface area contributed by atoms with Gasteiger partial charge in [0, 0.05) is 31.9 Å². The van der Waals surface area contributed by atoms with E-state index in [1.807, 2.05) is 25.4 Å². The number of benzene rings is 1. The highest BCUT2D eigenvalue weighted by atomic mass is 35.5. The molecular weight excluding hydrogens is 440 g/mol. The fourth-order valence-corrected chi connectivity index (χ4v) is 5.82. The molecule has 158 valence electrons. The number of aromatic hydroxyl groups is 1. The molecule has 2 N–H and O–H groups in total. The van der Waals surface area contributed by atoms with E-state index in [1.54, 1.807) is 28.3 Å². The van der Waals surface area contributed by atoms with Crippen molar-refractivity contribution in [3.05, 3.63) is 30.6 Å². The first-order valence-corrected chi connectivity index (χ1v) is 11.2. The third-order valence-electron chi connectivity index (χ3n) is 5.39. The van der Waals surface area contributed by atoms with Crippen molar-refractivity contribution in [3.63, 3.8) is 0 Å². The molecule has 0 amide bonds. The van der Waals surface area contributed by atoms with Gasteiger partial charge in [-0.05, 0) is 43.6 Å². The number of nitrogens with one attached hydrogen (secondary N) is 1. The number of fused-ring (bicyclic) bond motifs is 1. The number of thiazole rings is 2. The normalized spacial score (nSPS) is 14.7. The van der Waals surface area contributed by atoms with E-state index in [9.17, 15) is 5.11 Å². The predicted molar refractivity (Wildman–Crippen MR) is 126 cm³/mol. The second-order valence-corrected chi connectivity index (χ2v) is 9.29. The molecule has 0 radical (unpaired) electrons. The summed E-state index contributed by atoms with van der Waals surface area (Å²) in [4.78, 5) is 13.7. The lowest BCUT2D eigenvalue weighted by Crippen LogP contribution is -2.41. The molecule has 0 spiro atoms. The van der Waals surface area contributed by atoms with E-state index >= 15 is 0 Å². The molecule has 3 aromatic heterocycles. The minimum absolute atomic E-state index is 0. The molecule has 0 aliphatic carbocycles. The number of phenols is 1. The molecule has 1 aliphatic heterocycles. The summed E-state index contributed by atoms with van der Waals surface area (Å²) < 4.78 is 1.75. The van der Waals surface area contributed by atoms with Gasteiger partial charge in [0.05, 0.1) is 11.8 Å². The van der Waals surface area contributed by atoms with E-state index in [0.717, 1.165) is 62.4 Å². The van der Waals surface area contributed by atoms with Crippen molar-refractivity contribution >= 4 is 49.9 Å². The summed E-state index contributed by atoms with van der Waals surface area (Å²) in [7, 11) is 4.01. The van der Waals surface area contributed by atoms with E-state index in [1.165, 1.54) is 11.3 Å². The number of rotatable bonds is 4. The highest BCUT2D eigenvalue weighted by Gasteiger charge is 2.22. The lowest BCUT2D eigenvalue weighted by Gasteiger charge is -2.31. The summed E-state index contributed by atoms with van der Waals surface area (Å²) in [6.07, 6.45) is 6.00. The first kappa shape index (κ1) is 21.0. The van der Waals surface area contributed by atoms with Crippen LogP contribution in [0, 0.1) is 0 Å². The van der Waals surface area contributed by atoms with Gasteiger partial charge in [-0.1, -0.05) is 28.7 Å². The summed E-state index contributed by atoms with van der Waals surface area (Å²) in [6, 6.07) is 6.21. The van der Waals surface area contributed by atoms with Crippen LogP contribution in [0.4, 0.5) is 5.13 Å². The molecule has 10 heteroatoms. The van der Waals surface area contributed by atoms with Crippen LogP contribution in [0.15, 0.2) is 30.6 Å². The monoisotopic (exact) mass is 462 g/mol. The van der Waals surface area contributed by atoms with Crippen molar-refractivity contribution < 1.29 is 5.11 Å². The Bertz CT molecular complexity index is 1130. The zero-order valence-corrected chi connectivity index (χ0v) is 19.2. The number of halogens is 1. The average molecular weight is 463 g/mol. The van der Waals surface area contributed by atoms with Crippen LogP contribution in [0.25, 0.3) is 31.4 Å². The Morgan fingerprint density at radius 1 is 1.13 bits per heavy atom. The van der Waals surface area contributed by atoms with Crippen molar-refractivity contribution in [2.24, 2.45) is 7.05 Å². The Morgan fingerprint density at radius 2 is 1.90 bits per heavy atom. The number of phenolic OH excluding ortho intramolecular Hbond substituents is 1. The summed E-state index contributed by atoms with van der Waals surface area (Å²) in [5.41, 5.74) is 2.64. The smallest absolute Gasteiger partial charge is 0.188 e. The van der Waals surface area contributed by atoms with Gasteiger partial charge in [0.2, 0.25) is 0 Å². The van der Waals surface area contributed by atoms with Crippen molar-refractivity contribution in [2.45, 2.75) is 18.9 Å². The van der Waals surface area contributed by atoms with Crippen LogP contribution in [-0.4, -0.2) is 51.0 Å². The second kappa shape index (κ2) is 8.50. The number of anilines is 1. The maximum Gasteiger partial charge on any atom is 0.188 e. The van der Waals surface area contributed by atoms with Gasteiger partial charge in [-0.2, -0.15) is 5.10 Å². The van der Waals surface area contributed by atoms with Gasteiger partial charge in [0.25, 0.3) is 0 Å². The van der Waals surface area contributed by atoms with Gasteiger partial charge < -0.3 is 15.3 Å². The van der Waals surface area contributed by atoms with Crippen LogP contribution in [-0.2, 0) is 7.05 Å². The van der Waals surface area contributed by atoms with Crippen molar-refractivity contribution in [2.75, 3.05) is 25.0 Å². The zero-order chi connectivity index (χ0) is 20.0. The predicted octanol–water partition coefficient (Wildman–Crippen LogP) is 4.14. The van der Waals surface area contributed by atoms with E-state index in [0.29, 0.717) is 6.04 Å². The Balaban J connectivity index is 0.00000218. The van der Waals surface area contributed by atoms with Crippen molar-refractivity contribution in [1.29, 1.82) is 0 Å². The van der Waals surface area contributed by atoms with Crippen LogP contribution in [0.2, 0.25) is 0 Å². The van der Waals surface area contributed by atoms with E-state index in [-0.39, 0.29) is 18.2 Å². The summed E-state index contributed by atoms with van der Waals surface area (Å²) >= 11 is 3.15. The largest absolute Gasteiger partial charge is 0.507 e. The molecule has 7 nitrogen and oxygen atoms in total. The highest BCUT2D eigenvalue weighted by Crippen LogP contribution is 2.40. The maximum atomic E-state index is 10.6. The molecule has 4 heterocycles. The van der Waals surface area contributed by atoms with E-state index in [4.69, 9.17) is 9.97 Å². The molecule has 4 aromatic rings. The molecule has 5 rings (SSSR count). The van der Waals surface area contributed by atoms with Gasteiger partial charge in [0.15, 0.2) is 14.8 Å². The third kappa shape index (κ3) is 3.90.